The molecule has 1 atom stereocenters. The molecule has 3 rings (SSSR count). The Balaban J connectivity index is 1.67. The lowest BCUT2D eigenvalue weighted by Gasteiger charge is -2.41. The molecule has 1 aromatic carbocycles. The van der Waals surface area contributed by atoms with Crippen LogP contribution in [0.2, 0.25) is 0 Å². The van der Waals surface area contributed by atoms with Crippen molar-refractivity contribution in [3.63, 3.8) is 0 Å². The minimum atomic E-state index is -2.13. The Morgan fingerprint density at radius 3 is 2.25 bits per heavy atom. The van der Waals surface area contributed by atoms with Gasteiger partial charge in [0.1, 0.15) is 22.9 Å². The Kier molecular flexibility index (Phi) is 6.39. The van der Waals surface area contributed by atoms with Gasteiger partial charge in [0.05, 0.1) is 0 Å². The Morgan fingerprint density at radius 1 is 1.07 bits per heavy atom. The van der Waals surface area contributed by atoms with Gasteiger partial charge in [0, 0.05) is 18.0 Å². The van der Waals surface area contributed by atoms with Crippen molar-refractivity contribution >= 4 is 5.78 Å². The van der Waals surface area contributed by atoms with Crippen molar-refractivity contribution < 1.29 is 14.6 Å². The number of Topliss-reactive ketones (excluding diaryl/α,β-unsaturated/α-hetero) is 1. The first-order valence-corrected chi connectivity index (χ1v) is 10.0. The summed E-state index contributed by atoms with van der Waals surface area (Å²) in [5.74, 6) is 0.606. The lowest BCUT2D eigenvalue weighted by Crippen LogP contribution is -2.72. The van der Waals surface area contributed by atoms with Gasteiger partial charge < -0.3 is 0 Å². The van der Waals surface area contributed by atoms with Crippen LogP contribution in [0.25, 0.3) is 0 Å². The molecule has 0 radical (unpaired) electrons. The van der Waals surface area contributed by atoms with Crippen molar-refractivity contribution in [3.8, 4) is 0 Å². The molecular weight excluding hydrogens is 362 g/mol. The third kappa shape index (κ3) is 4.38. The molecule has 0 unspecified atom stereocenters. The topological polar surface area (TPSA) is 107 Å². The zero-order valence-corrected chi connectivity index (χ0v) is 16.0. The van der Waals surface area contributed by atoms with Gasteiger partial charge in [0.25, 0.3) is 0 Å². The fourth-order valence-corrected chi connectivity index (χ4v) is 4.43. The van der Waals surface area contributed by atoms with E-state index in [4.69, 9.17) is 0 Å². The average Bonchev–Trinajstić information content (AvgIpc) is 2.66. The largest absolute Gasteiger partial charge is 0.482 e. The number of ketones is 1. The third-order valence-corrected chi connectivity index (χ3v) is 6.26. The van der Waals surface area contributed by atoms with E-state index in [1.807, 2.05) is 6.07 Å². The summed E-state index contributed by atoms with van der Waals surface area (Å²) >= 11 is 0. The molecule has 0 N–H and O–H groups in total. The fourth-order valence-electron chi connectivity index (χ4n) is 4.43. The summed E-state index contributed by atoms with van der Waals surface area (Å²) in [5.41, 5.74) is -1.51. The molecule has 0 aromatic heterocycles. The van der Waals surface area contributed by atoms with E-state index in [0.717, 1.165) is 12.8 Å². The number of carbonyl (C=O) groups excluding carboxylic acids is 1. The molecule has 0 amide bonds. The SMILES string of the molecule is O=C(C[C@@H](CCC1CCCCC1)N1CC([N+](=O)[O-])([N+](=O)[O-])C1)c1ccccc1. The van der Waals surface area contributed by atoms with Gasteiger partial charge in [-0.05, 0) is 18.8 Å². The van der Waals surface area contributed by atoms with Gasteiger partial charge in [0.2, 0.25) is 0 Å². The normalized spacial score (nSPS) is 20.9. The van der Waals surface area contributed by atoms with Crippen LogP contribution in [0, 0.1) is 26.1 Å². The lowest BCUT2D eigenvalue weighted by molar-refractivity contribution is -0.811. The Labute approximate surface area is 164 Å². The van der Waals surface area contributed by atoms with Gasteiger partial charge in [0.15, 0.2) is 5.78 Å². The summed E-state index contributed by atoms with van der Waals surface area (Å²) in [6.45, 7) is -0.463. The first-order valence-electron chi connectivity index (χ1n) is 10.0. The van der Waals surface area contributed by atoms with E-state index in [9.17, 15) is 25.0 Å². The summed E-state index contributed by atoms with van der Waals surface area (Å²) in [4.78, 5) is 35.3. The van der Waals surface area contributed by atoms with E-state index in [2.05, 4.69) is 0 Å². The number of nitrogens with zero attached hydrogens (tertiary/aromatic N) is 3. The molecule has 28 heavy (non-hydrogen) atoms. The first-order chi connectivity index (χ1) is 13.4. The van der Waals surface area contributed by atoms with Crippen molar-refractivity contribution in [3.05, 3.63) is 56.1 Å². The summed E-state index contributed by atoms with van der Waals surface area (Å²) in [6, 6.07) is 8.78. The van der Waals surface area contributed by atoms with Crippen molar-refractivity contribution in [1.29, 1.82) is 0 Å². The molecule has 1 aliphatic heterocycles. The van der Waals surface area contributed by atoms with Gasteiger partial charge >= 0.3 is 5.66 Å². The van der Waals surface area contributed by atoms with Crippen LogP contribution in [0.4, 0.5) is 0 Å². The second-order valence-electron chi connectivity index (χ2n) is 8.13. The summed E-state index contributed by atoms with van der Waals surface area (Å²) in [5, 5.41) is 22.5. The van der Waals surface area contributed by atoms with E-state index in [0.29, 0.717) is 11.5 Å². The molecule has 8 heteroatoms. The highest BCUT2D eigenvalue weighted by Crippen LogP contribution is 2.33. The molecule has 1 heterocycles. The van der Waals surface area contributed by atoms with E-state index < -0.39 is 15.5 Å². The monoisotopic (exact) mass is 389 g/mol. The summed E-state index contributed by atoms with van der Waals surface area (Å²) in [7, 11) is 0. The van der Waals surface area contributed by atoms with Gasteiger partial charge in [-0.1, -0.05) is 62.4 Å². The van der Waals surface area contributed by atoms with E-state index in [1.165, 1.54) is 32.1 Å². The van der Waals surface area contributed by atoms with Crippen LogP contribution in [-0.4, -0.2) is 45.3 Å². The fraction of sp³-hybridized carbons (Fsp3) is 0.650. The molecule has 1 aliphatic carbocycles. The molecule has 0 spiro atoms. The first kappa shape index (κ1) is 20.4. The van der Waals surface area contributed by atoms with Crippen LogP contribution in [0.5, 0.6) is 0 Å². The van der Waals surface area contributed by atoms with Crippen LogP contribution in [0.1, 0.15) is 61.7 Å². The Hall–Kier alpha value is -2.35. The van der Waals surface area contributed by atoms with E-state index >= 15 is 0 Å². The van der Waals surface area contributed by atoms with E-state index in [-0.39, 0.29) is 31.3 Å². The molecule has 1 saturated carbocycles. The smallest absolute Gasteiger partial charge is 0.294 e. The Bertz CT molecular complexity index is 696. The molecule has 8 nitrogen and oxygen atoms in total. The van der Waals surface area contributed by atoms with Crippen LogP contribution >= 0.6 is 0 Å². The molecule has 2 aliphatic rings. The van der Waals surface area contributed by atoms with Gasteiger partial charge in [-0.2, -0.15) is 0 Å². The predicted octanol–water partition coefficient (Wildman–Crippen LogP) is 3.55. The zero-order chi connectivity index (χ0) is 20.1. The van der Waals surface area contributed by atoms with Crippen LogP contribution < -0.4 is 0 Å². The highest BCUT2D eigenvalue weighted by Gasteiger charge is 2.67. The van der Waals surface area contributed by atoms with Crippen LogP contribution in [0.3, 0.4) is 0 Å². The van der Waals surface area contributed by atoms with Crippen molar-refractivity contribution in [2.75, 3.05) is 13.1 Å². The van der Waals surface area contributed by atoms with Crippen LogP contribution in [-0.2, 0) is 0 Å². The molecule has 152 valence electrons. The molecule has 1 aromatic rings. The molecular formula is C20H27N3O5. The number of carbonyl (C=O) groups is 1. The highest BCUT2D eigenvalue weighted by atomic mass is 16.7. The average molecular weight is 389 g/mol. The maximum absolute atomic E-state index is 12.7. The number of nitro groups is 2. The third-order valence-electron chi connectivity index (χ3n) is 6.26. The van der Waals surface area contributed by atoms with E-state index in [1.54, 1.807) is 29.2 Å². The maximum Gasteiger partial charge on any atom is 0.482 e. The number of hydrogen-bond acceptors (Lipinski definition) is 6. The van der Waals surface area contributed by atoms with Gasteiger partial charge in [-0.3, -0.25) is 29.9 Å². The molecule has 1 saturated heterocycles. The summed E-state index contributed by atoms with van der Waals surface area (Å²) < 4.78 is 0. The van der Waals surface area contributed by atoms with Gasteiger partial charge in [-0.25, -0.2) is 0 Å². The standard InChI is InChI=1S/C20H27N3O5/c24-19(17-9-5-2-6-10-17)13-18(12-11-16-7-3-1-4-8-16)21-14-20(15-21,22(25)26)23(27)28/h2,5-6,9-10,16,18H,1,3-4,7-8,11-15H2/t18-/m1/s1. The predicted molar refractivity (Wildman–Crippen MR) is 103 cm³/mol. The second-order valence-corrected chi connectivity index (χ2v) is 8.13. The van der Waals surface area contributed by atoms with Crippen LogP contribution in [0.15, 0.2) is 30.3 Å². The van der Waals surface area contributed by atoms with Crippen molar-refractivity contribution in [2.24, 2.45) is 5.92 Å². The number of likely N-dealkylation sites (tertiary alicyclic amines) is 1. The summed E-state index contributed by atoms with van der Waals surface area (Å²) in [6.07, 6.45) is 8.05. The van der Waals surface area contributed by atoms with Gasteiger partial charge in [-0.15, -0.1) is 0 Å². The minimum absolute atomic E-state index is 0.0195. The molecule has 2 fully saturated rings. The highest BCUT2D eigenvalue weighted by molar-refractivity contribution is 5.96. The minimum Gasteiger partial charge on any atom is -0.294 e. The maximum atomic E-state index is 12.7. The number of benzene rings is 1. The second kappa shape index (κ2) is 8.77. The number of hydrogen-bond donors (Lipinski definition) is 0. The quantitative estimate of drug-likeness (QED) is 0.277. The van der Waals surface area contributed by atoms with Crippen molar-refractivity contribution in [1.82, 2.24) is 4.90 Å². The van der Waals surface area contributed by atoms with Crippen molar-refractivity contribution in [2.45, 2.75) is 63.1 Å². The molecule has 0 bridgehead atoms. The Morgan fingerprint density at radius 2 is 1.68 bits per heavy atom. The zero-order valence-electron chi connectivity index (χ0n) is 16.0. The lowest BCUT2D eigenvalue weighted by atomic mass is 9.83. The number of rotatable bonds is 9.